The highest BCUT2D eigenvalue weighted by Crippen LogP contribution is 2.41. The standard InChI is InChI=1S/C15H14Cl2N2/c16-13-5-2-1-4-12(13)10-8-11(9-10)19-14-6-3-7-18-15(14)17/h1-7,10-11,19H,8-9H2. The Morgan fingerprint density at radius 1 is 1.05 bits per heavy atom. The molecule has 2 nitrogen and oxygen atoms in total. The van der Waals surface area contributed by atoms with Crippen LogP contribution >= 0.6 is 23.2 Å². The SMILES string of the molecule is Clc1ccccc1C1CC(Nc2cccnc2Cl)C1. The van der Waals surface area contributed by atoms with E-state index in [2.05, 4.69) is 16.4 Å². The van der Waals surface area contributed by atoms with Gasteiger partial charge in [-0.15, -0.1) is 0 Å². The number of hydrogen-bond donors (Lipinski definition) is 1. The molecule has 1 aliphatic rings. The van der Waals surface area contributed by atoms with Crippen molar-refractivity contribution in [1.29, 1.82) is 0 Å². The van der Waals surface area contributed by atoms with E-state index in [0.717, 1.165) is 23.6 Å². The number of aromatic nitrogens is 1. The summed E-state index contributed by atoms with van der Waals surface area (Å²) in [5.41, 5.74) is 2.16. The van der Waals surface area contributed by atoms with E-state index in [0.29, 0.717) is 17.1 Å². The molecule has 3 rings (SSSR count). The molecule has 1 aromatic carbocycles. The van der Waals surface area contributed by atoms with Crippen LogP contribution in [0.25, 0.3) is 0 Å². The third kappa shape index (κ3) is 2.70. The molecule has 0 aliphatic heterocycles. The predicted octanol–water partition coefficient (Wildman–Crippen LogP) is 4.75. The van der Waals surface area contributed by atoms with Crippen LogP contribution in [0.4, 0.5) is 5.69 Å². The van der Waals surface area contributed by atoms with Crippen molar-refractivity contribution in [3.8, 4) is 0 Å². The average Bonchev–Trinajstić information content (AvgIpc) is 2.37. The maximum Gasteiger partial charge on any atom is 0.152 e. The van der Waals surface area contributed by atoms with E-state index >= 15 is 0 Å². The quantitative estimate of drug-likeness (QED) is 0.826. The van der Waals surface area contributed by atoms with E-state index in [9.17, 15) is 0 Å². The summed E-state index contributed by atoms with van der Waals surface area (Å²) in [4.78, 5) is 4.06. The second-order valence-electron chi connectivity index (χ2n) is 4.87. The van der Waals surface area contributed by atoms with Gasteiger partial charge in [0, 0.05) is 17.3 Å². The molecule has 0 bridgehead atoms. The maximum atomic E-state index is 6.21. The predicted molar refractivity (Wildman–Crippen MR) is 80.1 cm³/mol. The largest absolute Gasteiger partial charge is 0.380 e. The molecule has 0 unspecified atom stereocenters. The van der Waals surface area contributed by atoms with Gasteiger partial charge in [0.25, 0.3) is 0 Å². The lowest BCUT2D eigenvalue weighted by atomic mass is 9.76. The van der Waals surface area contributed by atoms with Crippen molar-refractivity contribution in [3.63, 3.8) is 0 Å². The third-order valence-corrected chi connectivity index (χ3v) is 4.25. The summed E-state index contributed by atoms with van der Waals surface area (Å²) >= 11 is 12.2. The number of pyridine rings is 1. The molecule has 1 aromatic heterocycles. The maximum absolute atomic E-state index is 6.21. The molecule has 2 aromatic rings. The van der Waals surface area contributed by atoms with Gasteiger partial charge in [-0.1, -0.05) is 41.4 Å². The summed E-state index contributed by atoms with van der Waals surface area (Å²) in [5.74, 6) is 0.543. The minimum atomic E-state index is 0.447. The molecule has 0 amide bonds. The summed E-state index contributed by atoms with van der Waals surface area (Å²) in [6.45, 7) is 0. The van der Waals surface area contributed by atoms with E-state index < -0.39 is 0 Å². The Morgan fingerprint density at radius 2 is 1.84 bits per heavy atom. The second-order valence-corrected chi connectivity index (χ2v) is 5.64. The van der Waals surface area contributed by atoms with Gasteiger partial charge in [-0.25, -0.2) is 4.98 Å². The number of halogens is 2. The minimum absolute atomic E-state index is 0.447. The van der Waals surface area contributed by atoms with Gasteiger partial charge in [0.2, 0.25) is 0 Å². The summed E-state index contributed by atoms with van der Waals surface area (Å²) in [5, 5.41) is 4.83. The molecule has 1 fully saturated rings. The van der Waals surface area contributed by atoms with Crippen LogP contribution < -0.4 is 5.32 Å². The zero-order chi connectivity index (χ0) is 13.2. The van der Waals surface area contributed by atoms with Crippen molar-refractivity contribution in [2.24, 2.45) is 0 Å². The summed E-state index contributed by atoms with van der Waals surface area (Å²) < 4.78 is 0. The van der Waals surface area contributed by atoms with Gasteiger partial charge in [-0.3, -0.25) is 0 Å². The molecular weight excluding hydrogens is 279 g/mol. The van der Waals surface area contributed by atoms with Crippen molar-refractivity contribution in [2.75, 3.05) is 5.32 Å². The van der Waals surface area contributed by atoms with Gasteiger partial charge >= 0.3 is 0 Å². The monoisotopic (exact) mass is 292 g/mol. The van der Waals surface area contributed by atoms with Crippen LogP contribution in [0.2, 0.25) is 10.2 Å². The lowest BCUT2D eigenvalue weighted by molar-refractivity contribution is 0.374. The zero-order valence-corrected chi connectivity index (χ0v) is 11.8. The molecule has 1 N–H and O–H groups in total. The first-order valence-corrected chi connectivity index (χ1v) is 7.11. The highest BCUT2D eigenvalue weighted by Gasteiger charge is 2.31. The molecule has 0 radical (unpaired) electrons. The van der Waals surface area contributed by atoms with Crippen LogP contribution in [0.5, 0.6) is 0 Å². The lowest BCUT2D eigenvalue weighted by Crippen LogP contribution is -2.34. The first-order valence-electron chi connectivity index (χ1n) is 6.35. The number of nitrogens with zero attached hydrogens (tertiary/aromatic N) is 1. The molecular formula is C15H14Cl2N2. The van der Waals surface area contributed by atoms with Gasteiger partial charge in [0.05, 0.1) is 5.69 Å². The van der Waals surface area contributed by atoms with Gasteiger partial charge in [-0.2, -0.15) is 0 Å². The number of nitrogens with one attached hydrogen (secondary N) is 1. The average molecular weight is 293 g/mol. The Hall–Kier alpha value is -1.25. The molecule has 4 heteroatoms. The zero-order valence-electron chi connectivity index (χ0n) is 10.3. The fourth-order valence-electron chi connectivity index (χ4n) is 2.51. The van der Waals surface area contributed by atoms with Crippen LogP contribution in [0.1, 0.15) is 24.3 Å². The van der Waals surface area contributed by atoms with Crippen LogP contribution in [0.15, 0.2) is 42.6 Å². The van der Waals surface area contributed by atoms with Gasteiger partial charge < -0.3 is 5.32 Å². The summed E-state index contributed by atoms with van der Waals surface area (Å²) in [6, 6.07) is 12.4. The number of hydrogen-bond acceptors (Lipinski definition) is 2. The van der Waals surface area contributed by atoms with Crippen LogP contribution in [-0.4, -0.2) is 11.0 Å². The molecule has 1 saturated carbocycles. The second kappa shape index (κ2) is 5.40. The molecule has 1 heterocycles. The third-order valence-electron chi connectivity index (χ3n) is 3.60. The summed E-state index contributed by atoms with van der Waals surface area (Å²) in [6.07, 6.45) is 3.85. The molecule has 19 heavy (non-hydrogen) atoms. The minimum Gasteiger partial charge on any atom is -0.380 e. The highest BCUT2D eigenvalue weighted by molar-refractivity contribution is 6.32. The fourth-order valence-corrected chi connectivity index (χ4v) is 2.97. The normalized spacial score (nSPS) is 21.8. The van der Waals surface area contributed by atoms with E-state index in [4.69, 9.17) is 23.2 Å². The molecule has 98 valence electrons. The van der Waals surface area contributed by atoms with Crippen LogP contribution in [-0.2, 0) is 0 Å². The number of rotatable bonds is 3. The van der Waals surface area contributed by atoms with Crippen molar-refractivity contribution >= 4 is 28.9 Å². The van der Waals surface area contributed by atoms with Crippen molar-refractivity contribution in [1.82, 2.24) is 4.98 Å². The van der Waals surface area contributed by atoms with E-state index in [1.807, 2.05) is 30.3 Å². The van der Waals surface area contributed by atoms with E-state index in [1.54, 1.807) is 6.20 Å². The van der Waals surface area contributed by atoms with Gasteiger partial charge in [0.1, 0.15) is 0 Å². The number of anilines is 1. The topological polar surface area (TPSA) is 24.9 Å². The van der Waals surface area contributed by atoms with Crippen molar-refractivity contribution < 1.29 is 0 Å². The molecule has 0 atom stereocenters. The molecule has 1 aliphatic carbocycles. The highest BCUT2D eigenvalue weighted by atomic mass is 35.5. The Kier molecular flexibility index (Phi) is 3.63. The summed E-state index contributed by atoms with van der Waals surface area (Å²) in [7, 11) is 0. The van der Waals surface area contributed by atoms with Crippen LogP contribution in [0, 0.1) is 0 Å². The lowest BCUT2D eigenvalue weighted by Gasteiger charge is -2.37. The Balaban J connectivity index is 1.62. The Bertz CT molecular complexity index is 580. The van der Waals surface area contributed by atoms with E-state index in [1.165, 1.54) is 5.56 Å². The first-order chi connectivity index (χ1) is 9.24. The molecule has 0 saturated heterocycles. The van der Waals surface area contributed by atoms with Gasteiger partial charge in [-0.05, 0) is 42.5 Å². The Morgan fingerprint density at radius 3 is 2.58 bits per heavy atom. The van der Waals surface area contributed by atoms with Crippen LogP contribution in [0.3, 0.4) is 0 Å². The first kappa shape index (κ1) is 12.8. The fraction of sp³-hybridized carbons (Fsp3) is 0.267. The molecule has 0 spiro atoms. The Labute approximate surface area is 122 Å². The number of benzene rings is 1. The van der Waals surface area contributed by atoms with Crippen molar-refractivity contribution in [2.45, 2.75) is 24.8 Å². The van der Waals surface area contributed by atoms with Gasteiger partial charge in [0.15, 0.2) is 5.15 Å². The van der Waals surface area contributed by atoms with Crippen molar-refractivity contribution in [3.05, 3.63) is 58.3 Å². The van der Waals surface area contributed by atoms with E-state index in [-0.39, 0.29) is 0 Å². The smallest absolute Gasteiger partial charge is 0.152 e.